The van der Waals surface area contributed by atoms with Gasteiger partial charge in [-0.3, -0.25) is 9.59 Å². The molecule has 1 aliphatic heterocycles. The summed E-state index contributed by atoms with van der Waals surface area (Å²) < 4.78 is 32.4. The summed E-state index contributed by atoms with van der Waals surface area (Å²) in [5, 5.41) is 4.99. The van der Waals surface area contributed by atoms with Crippen LogP contribution in [0.15, 0.2) is 53.4 Å². The van der Waals surface area contributed by atoms with Crippen molar-refractivity contribution in [1.29, 1.82) is 0 Å². The molecule has 0 aromatic heterocycles. The highest BCUT2D eigenvalue weighted by Crippen LogP contribution is 2.22. The van der Waals surface area contributed by atoms with Crippen LogP contribution in [-0.4, -0.2) is 50.5 Å². The number of hydrogen-bond donors (Lipinski definition) is 2. The number of sulfonamides is 1. The summed E-state index contributed by atoms with van der Waals surface area (Å²) in [5.74, 6) is -1.63. The molecular formula is C21H25N3O5S. The molecule has 160 valence electrons. The topological polar surface area (TPSA) is 105 Å². The highest BCUT2D eigenvalue weighted by Gasteiger charge is 2.36. The molecule has 0 saturated carbocycles. The van der Waals surface area contributed by atoms with Crippen molar-refractivity contribution in [3.63, 3.8) is 0 Å². The average molecular weight is 432 g/mol. The predicted molar refractivity (Wildman–Crippen MR) is 111 cm³/mol. The number of carbonyl (C=O) groups excluding carboxylic acids is 2. The third kappa shape index (κ3) is 5.24. The summed E-state index contributed by atoms with van der Waals surface area (Å²) in [5.41, 5.74) is 2.92. The van der Waals surface area contributed by atoms with Crippen LogP contribution in [0, 0.1) is 13.8 Å². The molecule has 2 aromatic carbocycles. The molecule has 2 aromatic rings. The van der Waals surface area contributed by atoms with E-state index < -0.39 is 28.1 Å². The summed E-state index contributed by atoms with van der Waals surface area (Å²) in [6.45, 7) is 4.32. The van der Waals surface area contributed by atoms with Gasteiger partial charge in [0, 0.05) is 13.1 Å². The van der Waals surface area contributed by atoms with E-state index in [9.17, 15) is 18.0 Å². The van der Waals surface area contributed by atoms with Gasteiger partial charge in [0.2, 0.25) is 10.0 Å². The van der Waals surface area contributed by atoms with Crippen molar-refractivity contribution in [1.82, 2.24) is 14.9 Å². The second-order valence-electron chi connectivity index (χ2n) is 7.13. The van der Waals surface area contributed by atoms with Gasteiger partial charge < -0.3 is 15.4 Å². The van der Waals surface area contributed by atoms with E-state index in [0.717, 1.165) is 16.7 Å². The average Bonchev–Trinajstić information content (AvgIpc) is 3.21. The molecule has 0 aliphatic carbocycles. The van der Waals surface area contributed by atoms with Crippen LogP contribution in [0.4, 0.5) is 0 Å². The zero-order valence-electron chi connectivity index (χ0n) is 16.9. The molecule has 1 aliphatic rings. The first-order chi connectivity index (χ1) is 14.3. The zero-order chi connectivity index (χ0) is 21.7. The van der Waals surface area contributed by atoms with Crippen LogP contribution in [0.1, 0.15) is 16.7 Å². The molecule has 1 heterocycles. The van der Waals surface area contributed by atoms with Gasteiger partial charge in [0.15, 0.2) is 0 Å². The van der Waals surface area contributed by atoms with E-state index >= 15 is 0 Å². The molecule has 0 unspecified atom stereocenters. The third-order valence-electron chi connectivity index (χ3n) is 4.79. The number of carbonyl (C=O) groups is 2. The van der Waals surface area contributed by atoms with Gasteiger partial charge in [-0.1, -0.05) is 47.5 Å². The smallest absolute Gasteiger partial charge is 0.309 e. The van der Waals surface area contributed by atoms with Gasteiger partial charge in [-0.25, -0.2) is 8.42 Å². The Labute approximate surface area is 176 Å². The Kier molecular flexibility index (Phi) is 6.86. The highest BCUT2D eigenvalue weighted by molar-refractivity contribution is 7.89. The Morgan fingerprint density at radius 3 is 2.17 bits per heavy atom. The Balaban J connectivity index is 1.54. The first-order valence-electron chi connectivity index (χ1n) is 9.59. The largest absolute Gasteiger partial charge is 0.359 e. The van der Waals surface area contributed by atoms with Crippen molar-refractivity contribution in [3.8, 4) is 0 Å². The molecule has 1 saturated heterocycles. The lowest BCUT2D eigenvalue weighted by atomic mass is 10.1. The summed E-state index contributed by atoms with van der Waals surface area (Å²) in [4.78, 5) is 24.3. The van der Waals surface area contributed by atoms with Crippen molar-refractivity contribution in [2.45, 2.75) is 31.5 Å². The minimum atomic E-state index is -3.77. The van der Waals surface area contributed by atoms with Gasteiger partial charge in [-0.2, -0.15) is 4.31 Å². The Bertz CT molecular complexity index is 1000. The maximum atomic E-state index is 12.9. The van der Waals surface area contributed by atoms with E-state index in [1.807, 2.05) is 38.1 Å². The van der Waals surface area contributed by atoms with E-state index in [1.54, 1.807) is 12.1 Å². The normalized spacial score (nSPS) is 16.9. The van der Waals surface area contributed by atoms with E-state index in [2.05, 4.69) is 10.6 Å². The minimum Gasteiger partial charge on any atom is -0.359 e. The number of amides is 2. The number of rotatable bonds is 6. The molecule has 0 bridgehead atoms. The molecule has 9 heteroatoms. The van der Waals surface area contributed by atoms with Crippen LogP contribution < -0.4 is 10.6 Å². The lowest BCUT2D eigenvalue weighted by Crippen LogP contribution is -2.47. The van der Waals surface area contributed by atoms with E-state index in [4.69, 9.17) is 4.74 Å². The zero-order valence-corrected chi connectivity index (χ0v) is 17.7. The first-order valence-corrected chi connectivity index (χ1v) is 11.0. The lowest BCUT2D eigenvalue weighted by molar-refractivity contribution is -0.139. The Morgan fingerprint density at radius 2 is 1.53 bits per heavy atom. The van der Waals surface area contributed by atoms with E-state index in [0.29, 0.717) is 0 Å². The van der Waals surface area contributed by atoms with Crippen molar-refractivity contribution >= 4 is 21.8 Å². The number of nitrogens with zero attached hydrogens (tertiary/aromatic N) is 1. The number of ether oxygens (including phenoxy) is 1. The van der Waals surface area contributed by atoms with Gasteiger partial charge in [0.1, 0.15) is 6.23 Å². The van der Waals surface area contributed by atoms with Crippen LogP contribution in [-0.2, 0) is 30.9 Å². The molecule has 2 amide bonds. The fourth-order valence-electron chi connectivity index (χ4n) is 3.02. The number of nitrogens with one attached hydrogen (secondary N) is 2. The summed E-state index contributed by atoms with van der Waals surface area (Å²) in [6.07, 6.45) is -0.870. The maximum absolute atomic E-state index is 12.9. The van der Waals surface area contributed by atoms with E-state index in [-0.39, 0.29) is 31.1 Å². The predicted octanol–water partition coefficient (Wildman–Crippen LogP) is 1.08. The number of benzene rings is 2. The number of hydrogen-bond acceptors (Lipinski definition) is 5. The standard InChI is InChI=1S/C21H25N3O5S/c1-15-3-7-17(8-4-15)13-22-20(25)21(26)23-14-19-24(11-12-29-19)30(27,28)18-9-5-16(2)6-10-18/h3-10,19H,11-14H2,1-2H3,(H,22,25)(H,23,26)/t19-/m0/s1. The molecule has 0 radical (unpaired) electrons. The molecule has 1 fully saturated rings. The molecule has 8 nitrogen and oxygen atoms in total. The van der Waals surface area contributed by atoms with Gasteiger partial charge >= 0.3 is 11.8 Å². The van der Waals surface area contributed by atoms with Crippen molar-refractivity contribution < 1.29 is 22.7 Å². The minimum absolute atomic E-state index is 0.123. The Morgan fingerprint density at radius 1 is 0.967 bits per heavy atom. The van der Waals surface area contributed by atoms with E-state index in [1.165, 1.54) is 16.4 Å². The molecular weight excluding hydrogens is 406 g/mol. The monoisotopic (exact) mass is 431 g/mol. The van der Waals surface area contributed by atoms with Gasteiger partial charge in [-0.05, 0) is 31.5 Å². The second-order valence-corrected chi connectivity index (χ2v) is 9.02. The molecule has 0 spiro atoms. The van der Waals surface area contributed by atoms with Crippen molar-refractivity contribution in [2.75, 3.05) is 19.7 Å². The third-order valence-corrected chi connectivity index (χ3v) is 6.69. The maximum Gasteiger partial charge on any atom is 0.309 e. The van der Waals surface area contributed by atoms with Gasteiger partial charge in [0.25, 0.3) is 0 Å². The SMILES string of the molecule is Cc1ccc(CNC(=O)C(=O)NC[C@@H]2OCCN2S(=O)(=O)c2ccc(C)cc2)cc1. The lowest BCUT2D eigenvalue weighted by Gasteiger charge is -2.22. The van der Waals surface area contributed by atoms with Gasteiger partial charge in [-0.15, -0.1) is 0 Å². The van der Waals surface area contributed by atoms with Crippen molar-refractivity contribution in [2.24, 2.45) is 0 Å². The van der Waals surface area contributed by atoms with Crippen LogP contribution in [0.2, 0.25) is 0 Å². The Hall–Kier alpha value is -2.75. The highest BCUT2D eigenvalue weighted by atomic mass is 32.2. The van der Waals surface area contributed by atoms with Crippen LogP contribution in [0.25, 0.3) is 0 Å². The summed E-state index contributed by atoms with van der Waals surface area (Å²) in [7, 11) is -3.77. The fraction of sp³-hybridized carbons (Fsp3) is 0.333. The first kappa shape index (κ1) is 21.9. The number of aryl methyl sites for hydroxylation is 2. The second kappa shape index (κ2) is 9.38. The van der Waals surface area contributed by atoms with Gasteiger partial charge in [0.05, 0.1) is 18.0 Å². The van der Waals surface area contributed by atoms with Crippen molar-refractivity contribution in [3.05, 3.63) is 65.2 Å². The molecule has 30 heavy (non-hydrogen) atoms. The van der Waals surface area contributed by atoms with Crippen LogP contribution in [0.3, 0.4) is 0 Å². The molecule has 3 rings (SSSR count). The molecule has 1 atom stereocenters. The van der Waals surface area contributed by atoms with Crippen LogP contribution in [0.5, 0.6) is 0 Å². The summed E-state index contributed by atoms with van der Waals surface area (Å²) in [6, 6.07) is 14.1. The quantitative estimate of drug-likeness (QED) is 0.666. The molecule has 2 N–H and O–H groups in total. The summed E-state index contributed by atoms with van der Waals surface area (Å²) >= 11 is 0. The fourth-order valence-corrected chi connectivity index (χ4v) is 4.53. The van der Waals surface area contributed by atoms with Crippen LogP contribution >= 0.6 is 0 Å².